The molecule has 0 bridgehead atoms. The minimum Gasteiger partial charge on any atom is -0.291 e. The van der Waals surface area contributed by atoms with E-state index in [1.807, 2.05) is 6.07 Å². The van der Waals surface area contributed by atoms with Crippen LogP contribution >= 0.6 is 11.8 Å². The lowest BCUT2D eigenvalue weighted by molar-refractivity contribution is -0.125. The first-order valence-corrected chi connectivity index (χ1v) is 7.56. The van der Waals surface area contributed by atoms with E-state index in [2.05, 4.69) is 54.0 Å². The molecule has 1 aliphatic heterocycles. The van der Waals surface area contributed by atoms with Gasteiger partial charge in [0.1, 0.15) is 0 Å². The third kappa shape index (κ3) is 4.16. The van der Waals surface area contributed by atoms with Crippen LogP contribution in [-0.2, 0) is 4.79 Å². The van der Waals surface area contributed by atoms with Crippen LogP contribution in [0.3, 0.4) is 0 Å². The van der Waals surface area contributed by atoms with E-state index in [1.165, 1.54) is 4.90 Å². The molecule has 0 spiro atoms. The molecule has 2 unspecified atom stereocenters. The number of rotatable bonds is 4. The van der Waals surface area contributed by atoms with E-state index in [1.54, 1.807) is 11.8 Å². The van der Waals surface area contributed by atoms with Crippen LogP contribution < -0.4 is 10.9 Å². The molecule has 2 N–H and O–H groups in total. The molecule has 1 amide bonds. The van der Waals surface area contributed by atoms with Gasteiger partial charge in [-0.25, -0.2) is 5.43 Å². The van der Waals surface area contributed by atoms with Crippen molar-refractivity contribution in [1.82, 2.24) is 10.9 Å². The number of hydrogen-bond acceptors (Lipinski definition) is 3. The quantitative estimate of drug-likeness (QED) is 0.660. The van der Waals surface area contributed by atoms with E-state index in [0.29, 0.717) is 18.1 Å². The molecule has 20 heavy (non-hydrogen) atoms. The molecule has 1 aromatic rings. The fraction of sp³-hybridized carbons (Fsp3) is 0.312. The van der Waals surface area contributed by atoms with Crippen LogP contribution in [0.1, 0.15) is 18.9 Å². The van der Waals surface area contributed by atoms with Gasteiger partial charge in [0.05, 0.1) is 5.75 Å². The summed E-state index contributed by atoms with van der Waals surface area (Å²) in [6.45, 7) is 2.07. The molecule has 0 radical (unpaired) electrons. The first kappa shape index (κ1) is 14.7. The number of hydrazine groups is 1. The Morgan fingerprint density at radius 1 is 1.55 bits per heavy atom. The Bertz CT molecular complexity index is 548. The zero-order chi connectivity index (χ0) is 14.4. The lowest BCUT2D eigenvalue weighted by atomic mass is 9.96. The SMILES string of the molecule is C#CCSc1cccc(/C=C/C2NNC(=O)CC2C)c1. The van der Waals surface area contributed by atoms with Crippen molar-refractivity contribution in [3.63, 3.8) is 0 Å². The molecule has 1 aromatic carbocycles. The third-order valence-corrected chi connectivity index (χ3v) is 4.07. The van der Waals surface area contributed by atoms with Crippen molar-refractivity contribution in [2.24, 2.45) is 5.92 Å². The van der Waals surface area contributed by atoms with Crippen LogP contribution in [0.2, 0.25) is 0 Å². The minimum atomic E-state index is 0.0508. The zero-order valence-electron chi connectivity index (χ0n) is 11.4. The van der Waals surface area contributed by atoms with Gasteiger partial charge in [-0.3, -0.25) is 10.2 Å². The number of carbonyl (C=O) groups excluding carboxylic acids is 1. The second-order valence-electron chi connectivity index (χ2n) is 4.82. The fourth-order valence-corrected chi connectivity index (χ4v) is 2.71. The summed E-state index contributed by atoms with van der Waals surface area (Å²) in [5, 5.41) is 0. The Kier molecular flexibility index (Phi) is 5.28. The van der Waals surface area contributed by atoms with Crippen molar-refractivity contribution >= 4 is 23.7 Å². The molecule has 0 saturated carbocycles. The molecular formula is C16H18N2OS. The molecule has 0 aromatic heterocycles. The Morgan fingerprint density at radius 3 is 3.15 bits per heavy atom. The lowest BCUT2D eigenvalue weighted by Gasteiger charge is -2.27. The predicted molar refractivity (Wildman–Crippen MR) is 83.9 cm³/mol. The summed E-state index contributed by atoms with van der Waals surface area (Å²) >= 11 is 1.65. The molecule has 104 valence electrons. The Morgan fingerprint density at radius 2 is 2.40 bits per heavy atom. The highest BCUT2D eigenvalue weighted by Crippen LogP contribution is 2.20. The zero-order valence-corrected chi connectivity index (χ0v) is 12.2. The van der Waals surface area contributed by atoms with Crippen LogP contribution in [0.5, 0.6) is 0 Å². The van der Waals surface area contributed by atoms with Gasteiger partial charge in [-0.05, 0) is 23.6 Å². The van der Waals surface area contributed by atoms with Crippen LogP contribution in [0.15, 0.2) is 35.2 Å². The van der Waals surface area contributed by atoms with Crippen LogP contribution in [-0.4, -0.2) is 17.7 Å². The topological polar surface area (TPSA) is 41.1 Å². The maximum absolute atomic E-state index is 11.2. The summed E-state index contributed by atoms with van der Waals surface area (Å²) in [7, 11) is 0. The molecule has 1 aliphatic rings. The molecule has 0 aliphatic carbocycles. The summed E-state index contributed by atoms with van der Waals surface area (Å²) in [5.74, 6) is 3.65. The second kappa shape index (κ2) is 7.18. The van der Waals surface area contributed by atoms with Gasteiger partial charge in [0.15, 0.2) is 0 Å². The van der Waals surface area contributed by atoms with Crippen molar-refractivity contribution in [1.29, 1.82) is 0 Å². The van der Waals surface area contributed by atoms with Crippen LogP contribution in [0, 0.1) is 18.3 Å². The van der Waals surface area contributed by atoms with Crippen molar-refractivity contribution < 1.29 is 4.79 Å². The van der Waals surface area contributed by atoms with Crippen molar-refractivity contribution in [2.75, 3.05) is 5.75 Å². The highest BCUT2D eigenvalue weighted by molar-refractivity contribution is 7.99. The highest BCUT2D eigenvalue weighted by Gasteiger charge is 2.22. The average molecular weight is 286 g/mol. The maximum Gasteiger partial charge on any atom is 0.234 e. The Balaban J connectivity index is 2.00. The molecular weight excluding hydrogens is 268 g/mol. The summed E-state index contributed by atoms with van der Waals surface area (Å²) in [5.41, 5.74) is 6.83. The molecule has 2 atom stereocenters. The van der Waals surface area contributed by atoms with Gasteiger partial charge in [0.25, 0.3) is 0 Å². The van der Waals surface area contributed by atoms with Gasteiger partial charge in [0, 0.05) is 17.4 Å². The number of hydrogen-bond donors (Lipinski definition) is 2. The van der Waals surface area contributed by atoms with E-state index in [9.17, 15) is 4.79 Å². The van der Waals surface area contributed by atoms with E-state index in [0.717, 1.165) is 5.56 Å². The molecule has 1 fully saturated rings. The molecule has 3 nitrogen and oxygen atoms in total. The van der Waals surface area contributed by atoms with Crippen LogP contribution in [0.25, 0.3) is 6.08 Å². The smallest absolute Gasteiger partial charge is 0.234 e. The van der Waals surface area contributed by atoms with Gasteiger partial charge in [-0.1, -0.05) is 37.1 Å². The number of carbonyl (C=O) groups is 1. The number of thioether (sulfide) groups is 1. The van der Waals surface area contributed by atoms with Crippen molar-refractivity contribution in [2.45, 2.75) is 24.3 Å². The molecule has 1 saturated heterocycles. The first-order chi connectivity index (χ1) is 9.69. The number of nitrogens with one attached hydrogen (secondary N) is 2. The van der Waals surface area contributed by atoms with Gasteiger partial charge in [0.2, 0.25) is 5.91 Å². The number of benzene rings is 1. The van der Waals surface area contributed by atoms with Gasteiger partial charge >= 0.3 is 0 Å². The number of amides is 1. The minimum absolute atomic E-state index is 0.0508. The Hall–Kier alpha value is -1.70. The summed E-state index contributed by atoms with van der Waals surface area (Å²) in [6, 6.07) is 8.42. The average Bonchev–Trinajstić information content (AvgIpc) is 2.45. The van der Waals surface area contributed by atoms with Crippen molar-refractivity contribution in [3.05, 3.63) is 35.9 Å². The summed E-state index contributed by atoms with van der Waals surface area (Å²) < 4.78 is 0. The van der Waals surface area contributed by atoms with E-state index in [4.69, 9.17) is 6.42 Å². The predicted octanol–water partition coefficient (Wildman–Crippen LogP) is 2.45. The summed E-state index contributed by atoms with van der Waals surface area (Å²) in [6.07, 6.45) is 9.99. The monoisotopic (exact) mass is 286 g/mol. The third-order valence-electron chi connectivity index (χ3n) is 3.17. The first-order valence-electron chi connectivity index (χ1n) is 6.58. The molecule has 1 heterocycles. The number of terminal acetylenes is 1. The van der Waals surface area contributed by atoms with Gasteiger partial charge in [-0.2, -0.15) is 0 Å². The standard InChI is InChI=1S/C16H18N2OS/c1-3-9-20-14-6-4-5-13(11-14)7-8-15-12(2)10-16(19)18-17-15/h1,4-8,11-12,15,17H,9-10H2,2H3,(H,18,19)/b8-7+. The lowest BCUT2D eigenvalue weighted by Crippen LogP contribution is -2.52. The molecule has 2 rings (SSSR count). The second-order valence-corrected chi connectivity index (χ2v) is 5.87. The van der Waals surface area contributed by atoms with E-state index >= 15 is 0 Å². The fourth-order valence-electron chi connectivity index (χ4n) is 2.06. The van der Waals surface area contributed by atoms with E-state index < -0.39 is 0 Å². The maximum atomic E-state index is 11.2. The van der Waals surface area contributed by atoms with E-state index in [-0.39, 0.29) is 11.9 Å². The van der Waals surface area contributed by atoms with Gasteiger partial charge in [-0.15, -0.1) is 18.2 Å². The summed E-state index contributed by atoms with van der Waals surface area (Å²) in [4.78, 5) is 12.4. The van der Waals surface area contributed by atoms with Gasteiger partial charge < -0.3 is 0 Å². The largest absolute Gasteiger partial charge is 0.291 e. The molecule has 4 heteroatoms. The van der Waals surface area contributed by atoms with Crippen molar-refractivity contribution in [3.8, 4) is 12.3 Å². The Labute approximate surface area is 124 Å². The highest BCUT2D eigenvalue weighted by atomic mass is 32.2. The normalized spacial score (nSPS) is 22.5. The van der Waals surface area contributed by atoms with Crippen LogP contribution in [0.4, 0.5) is 0 Å².